The van der Waals surface area contributed by atoms with Crippen molar-refractivity contribution in [1.82, 2.24) is 9.88 Å². The van der Waals surface area contributed by atoms with Crippen molar-refractivity contribution < 1.29 is 24.4 Å². The van der Waals surface area contributed by atoms with Gasteiger partial charge in [0.15, 0.2) is 5.69 Å². The van der Waals surface area contributed by atoms with Crippen LogP contribution in [0.3, 0.4) is 0 Å². The molecule has 0 aromatic carbocycles. The summed E-state index contributed by atoms with van der Waals surface area (Å²) in [7, 11) is 2.74. The third kappa shape index (κ3) is 3.79. The Balaban J connectivity index is 2.67. The molecular formula is C11H15N3O6. The molecule has 0 spiro atoms. The number of hydrogen-bond donors (Lipinski definition) is 2. The van der Waals surface area contributed by atoms with E-state index in [-0.39, 0.29) is 24.5 Å². The van der Waals surface area contributed by atoms with Crippen molar-refractivity contribution in [3.63, 3.8) is 0 Å². The zero-order valence-electron chi connectivity index (χ0n) is 11.0. The number of carbonyl (C=O) groups excluding carboxylic acids is 1. The Morgan fingerprint density at radius 1 is 1.55 bits per heavy atom. The SMILES string of the molecule is COC(CNC(=O)c1ccc([N+](=O)[O-])n1C)CC(=O)O. The summed E-state index contributed by atoms with van der Waals surface area (Å²) in [5.41, 5.74) is 0.113. The summed E-state index contributed by atoms with van der Waals surface area (Å²) < 4.78 is 6.06. The van der Waals surface area contributed by atoms with Gasteiger partial charge >= 0.3 is 11.8 Å². The molecule has 1 unspecified atom stereocenters. The predicted octanol–water partition coefficient (Wildman–Crippen LogP) is 0.153. The molecule has 110 valence electrons. The number of ether oxygens (including phenoxy) is 1. The molecule has 0 radical (unpaired) electrons. The molecule has 0 aliphatic heterocycles. The van der Waals surface area contributed by atoms with Crippen molar-refractivity contribution in [2.24, 2.45) is 7.05 Å². The first kappa shape index (κ1) is 15.6. The number of amides is 1. The summed E-state index contributed by atoms with van der Waals surface area (Å²) >= 11 is 0. The van der Waals surface area contributed by atoms with Crippen LogP contribution < -0.4 is 5.32 Å². The van der Waals surface area contributed by atoms with Crippen LogP contribution in [0.2, 0.25) is 0 Å². The molecule has 9 nitrogen and oxygen atoms in total. The van der Waals surface area contributed by atoms with Crippen molar-refractivity contribution in [2.75, 3.05) is 13.7 Å². The van der Waals surface area contributed by atoms with E-state index in [2.05, 4.69) is 5.32 Å². The van der Waals surface area contributed by atoms with Gasteiger partial charge in [-0.1, -0.05) is 0 Å². The van der Waals surface area contributed by atoms with E-state index in [0.29, 0.717) is 0 Å². The maximum atomic E-state index is 11.9. The van der Waals surface area contributed by atoms with Gasteiger partial charge in [-0.2, -0.15) is 0 Å². The standard InChI is InChI=1S/C11H15N3O6/c1-13-8(3-4-9(13)14(18)19)11(17)12-6-7(20-2)5-10(15)16/h3-4,7H,5-6H2,1-2H3,(H,12,17)(H,15,16). The number of hydrogen-bond acceptors (Lipinski definition) is 5. The number of aromatic nitrogens is 1. The van der Waals surface area contributed by atoms with E-state index in [0.717, 1.165) is 4.57 Å². The van der Waals surface area contributed by atoms with Crippen LogP contribution in [-0.4, -0.2) is 46.2 Å². The van der Waals surface area contributed by atoms with Gasteiger partial charge in [-0.15, -0.1) is 0 Å². The Kier molecular flexibility index (Phi) is 5.21. The van der Waals surface area contributed by atoms with Gasteiger partial charge in [0, 0.05) is 19.7 Å². The van der Waals surface area contributed by atoms with Crippen LogP contribution in [0.15, 0.2) is 12.1 Å². The van der Waals surface area contributed by atoms with E-state index in [1.807, 2.05) is 0 Å². The Labute approximate surface area is 114 Å². The second-order valence-corrected chi connectivity index (χ2v) is 4.06. The maximum absolute atomic E-state index is 11.9. The monoisotopic (exact) mass is 285 g/mol. The van der Waals surface area contributed by atoms with Crippen LogP contribution in [0, 0.1) is 10.1 Å². The van der Waals surface area contributed by atoms with Gasteiger partial charge < -0.3 is 25.3 Å². The number of nitrogens with one attached hydrogen (secondary N) is 1. The van der Waals surface area contributed by atoms with Crippen molar-refractivity contribution in [1.29, 1.82) is 0 Å². The first-order valence-corrected chi connectivity index (χ1v) is 5.69. The largest absolute Gasteiger partial charge is 0.481 e. The zero-order valence-corrected chi connectivity index (χ0v) is 11.0. The first-order chi connectivity index (χ1) is 9.36. The Hall–Kier alpha value is -2.42. The summed E-state index contributed by atoms with van der Waals surface area (Å²) in [6.07, 6.45) is -0.906. The third-order valence-electron chi connectivity index (χ3n) is 2.74. The van der Waals surface area contributed by atoms with Gasteiger partial charge in [0.1, 0.15) is 0 Å². The van der Waals surface area contributed by atoms with E-state index in [9.17, 15) is 19.7 Å². The molecule has 0 aliphatic carbocycles. The molecule has 1 aromatic rings. The zero-order chi connectivity index (χ0) is 15.3. The highest BCUT2D eigenvalue weighted by molar-refractivity contribution is 5.93. The number of aliphatic carboxylic acids is 1. The topological polar surface area (TPSA) is 124 Å². The molecule has 1 amide bonds. The number of carboxylic acid groups (broad SMARTS) is 1. The normalized spacial score (nSPS) is 11.9. The second kappa shape index (κ2) is 6.66. The second-order valence-electron chi connectivity index (χ2n) is 4.06. The number of methoxy groups -OCH3 is 1. The fraction of sp³-hybridized carbons (Fsp3) is 0.455. The molecule has 0 bridgehead atoms. The lowest BCUT2D eigenvalue weighted by Crippen LogP contribution is -2.35. The highest BCUT2D eigenvalue weighted by Crippen LogP contribution is 2.14. The summed E-state index contributed by atoms with van der Waals surface area (Å²) in [6.45, 7) is 0.000606. The summed E-state index contributed by atoms with van der Waals surface area (Å²) in [5, 5.41) is 21.8. The highest BCUT2D eigenvalue weighted by Gasteiger charge is 2.21. The van der Waals surface area contributed by atoms with Gasteiger partial charge in [-0.25, -0.2) is 4.57 Å². The maximum Gasteiger partial charge on any atom is 0.323 e. The van der Waals surface area contributed by atoms with Crippen molar-refractivity contribution in [3.8, 4) is 0 Å². The van der Waals surface area contributed by atoms with Crippen LogP contribution >= 0.6 is 0 Å². The molecule has 0 saturated heterocycles. The molecule has 0 aliphatic rings. The first-order valence-electron chi connectivity index (χ1n) is 5.69. The van der Waals surface area contributed by atoms with Crippen LogP contribution in [0.5, 0.6) is 0 Å². The van der Waals surface area contributed by atoms with Crippen LogP contribution in [0.4, 0.5) is 5.82 Å². The van der Waals surface area contributed by atoms with Gasteiger partial charge in [0.25, 0.3) is 5.91 Å². The minimum Gasteiger partial charge on any atom is -0.481 e. The van der Waals surface area contributed by atoms with Crippen LogP contribution in [0.1, 0.15) is 16.9 Å². The molecule has 0 saturated carbocycles. The average molecular weight is 285 g/mol. The van der Waals surface area contributed by atoms with E-state index < -0.39 is 22.9 Å². The molecule has 1 aromatic heterocycles. The Morgan fingerprint density at radius 3 is 2.65 bits per heavy atom. The highest BCUT2D eigenvalue weighted by atomic mass is 16.6. The number of rotatable bonds is 7. The fourth-order valence-electron chi connectivity index (χ4n) is 1.64. The van der Waals surface area contributed by atoms with Gasteiger partial charge in [0.2, 0.25) is 0 Å². The van der Waals surface area contributed by atoms with E-state index in [4.69, 9.17) is 9.84 Å². The number of nitro groups is 1. The lowest BCUT2D eigenvalue weighted by Gasteiger charge is -2.13. The Bertz CT molecular complexity index is 524. The molecule has 2 N–H and O–H groups in total. The van der Waals surface area contributed by atoms with Crippen molar-refractivity contribution >= 4 is 17.7 Å². The minimum atomic E-state index is -1.04. The third-order valence-corrected chi connectivity index (χ3v) is 2.74. The molecule has 9 heteroatoms. The van der Waals surface area contributed by atoms with E-state index in [1.165, 1.54) is 26.3 Å². The number of nitrogens with zero attached hydrogens (tertiary/aromatic N) is 2. The van der Waals surface area contributed by atoms with Crippen molar-refractivity contribution in [2.45, 2.75) is 12.5 Å². The van der Waals surface area contributed by atoms with E-state index >= 15 is 0 Å². The number of carboxylic acids is 1. The fourth-order valence-corrected chi connectivity index (χ4v) is 1.64. The molecule has 1 atom stereocenters. The van der Waals surface area contributed by atoms with Gasteiger partial charge in [0.05, 0.1) is 19.6 Å². The number of carbonyl (C=O) groups is 2. The lowest BCUT2D eigenvalue weighted by molar-refractivity contribution is -0.391. The molecular weight excluding hydrogens is 270 g/mol. The lowest BCUT2D eigenvalue weighted by atomic mass is 10.2. The summed E-state index contributed by atoms with van der Waals surface area (Å²) in [4.78, 5) is 32.5. The van der Waals surface area contributed by atoms with Crippen molar-refractivity contribution in [3.05, 3.63) is 27.9 Å². The molecule has 1 heterocycles. The van der Waals surface area contributed by atoms with Gasteiger partial charge in [-0.05, 0) is 11.0 Å². The van der Waals surface area contributed by atoms with Crippen LogP contribution in [0.25, 0.3) is 0 Å². The average Bonchev–Trinajstić information content (AvgIpc) is 2.75. The quantitative estimate of drug-likeness (QED) is 0.543. The summed E-state index contributed by atoms with van der Waals surface area (Å²) in [5.74, 6) is -1.78. The van der Waals surface area contributed by atoms with Gasteiger partial charge in [-0.3, -0.25) is 9.59 Å². The summed E-state index contributed by atoms with van der Waals surface area (Å²) in [6, 6.07) is 2.55. The molecule has 1 rings (SSSR count). The predicted molar refractivity (Wildman–Crippen MR) is 67.5 cm³/mol. The minimum absolute atomic E-state index is 0.000606. The Morgan fingerprint density at radius 2 is 2.20 bits per heavy atom. The van der Waals surface area contributed by atoms with E-state index in [1.54, 1.807) is 0 Å². The smallest absolute Gasteiger partial charge is 0.323 e. The molecule has 20 heavy (non-hydrogen) atoms. The van der Waals surface area contributed by atoms with Crippen LogP contribution in [-0.2, 0) is 16.6 Å². The molecule has 0 fully saturated rings.